The van der Waals surface area contributed by atoms with Gasteiger partial charge in [0.05, 0.1) is 53.8 Å². The highest BCUT2D eigenvalue weighted by atomic mass is 19.1. The van der Waals surface area contributed by atoms with Gasteiger partial charge >= 0.3 is 0 Å². The van der Waals surface area contributed by atoms with Gasteiger partial charge in [-0.1, -0.05) is 119 Å². The maximum Gasteiger partial charge on any atom is 0.287 e. The first kappa shape index (κ1) is 79.9. The summed E-state index contributed by atoms with van der Waals surface area (Å²) >= 11 is 0. The summed E-state index contributed by atoms with van der Waals surface area (Å²) in [5.41, 5.74) is 34.4. The van der Waals surface area contributed by atoms with E-state index in [-0.39, 0.29) is 17.6 Å². The van der Waals surface area contributed by atoms with Crippen LogP contribution in [0.1, 0.15) is 149 Å². The number of benzene rings is 10. The lowest BCUT2D eigenvalue weighted by Crippen LogP contribution is -2.32. The molecule has 0 N–H and O–H groups in total. The van der Waals surface area contributed by atoms with E-state index in [0.29, 0.717) is 45.4 Å². The second-order valence-corrected chi connectivity index (χ2v) is 34.5. The van der Waals surface area contributed by atoms with E-state index >= 15 is 0 Å². The molecule has 0 radical (unpaired) electrons. The van der Waals surface area contributed by atoms with E-state index in [9.17, 15) is 8.78 Å². The first-order valence-corrected chi connectivity index (χ1v) is 42.2. The number of aryl methyl sites for hydroxylation is 13. The molecule has 0 atom stereocenters. The second-order valence-electron chi connectivity index (χ2n) is 34.5. The number of hydrogen-bond donors (Lipinski definition) is 0. The van der Waals surface area contributed by atoms with Gasteiger partial charge in [-0.15, -0.1) is 0 Å². The van der Waals surface area contributed by atoms with Gasteiger partial charge in [0.15, 0.2) is 28.3 Å². The molecule has 12 heteroatoms. The van der Waals surface area contributed by atoms with E-state index < -0.39 is 13.2 Å². The van der Waals surface area contributed by atoms with Gasteiger partial charge in [-0.3, -0.25) is 0 Å². The van der Waals surface area contributed by atoms with Crippen LogP contribution in [0.15, 0.2) is 206 Å². The van der Waals surface area contributed by atoms with Crippen molar-refractivity contribution in [3.8, 4) is 56.3 Å². The fourth-order valence-electron chi connectivity index (χ4n) is 17.1. The lowest BCUT2D eigenvalue weighted by molar-refractivity contribution is -0.662. The third-order valence-corrected chi connectivity index (χ3v) is 23.9. The minimum absolute atomic E-state index is 0.110. The number of nitrogens with zero attached hydrogens (tertiary/aromatic N) is 9. The molecule has 10 nitrogen and oxygen atoms in total. The molecule has 0 amide bonds. The number of para-hydroxylation sites is 2. The minimum Gasteiger partial charge on any atom is -0.437 e. The standard InChI is InChI=1S/C28H29N2O.C23H28N.C22H26FN2.C18H18FN2.C18H19N2/c1-16(2)14-20-8-7-9-24-21(20)12-13-25(30(24)6)26-19(5)17(3)15-23-22-11-10-18(4)29-28(22)31-27(23)26;1-15(2)11-19-7-8-21-20(14-19)9-10-24(6)23(21)22-13-16(3)12-17(4)18(22)5;1-13(2)9-17-7-8-18-20(11-17)24-12-25(6)22(18)19-10-14(3)21(23)16(5)15(19)4;1-11-9-15(12(2)13(3)17(11)19)18-14-7-5-6-8-16(14)20-10-21(18)4;1-12-9-13(2)14(3)16(10-12)18-15-7-5-6-8-17(15)19-11-20(18)4/h7-13,15-16H,14H2,1-6H3;7-10,12-15H,11H2,1-6H3;7-8,10-13H,9H2,1-6H3;5-10H,1-4H3;5-11H,1-4H3/q5*+1/i;4D3,11D2;;;. The summed E-state index contributed by atoms with van der Waals surface area (Å²) in [5.74, 6) is 0.876. The summed E-state index contributed by atoms with van der Waals surface area (Å²) in [5, 5.41) is 8.83. The van der Waals surface area contributed by atoms with Crippen molar-refractivity contribution < 1.29 is 42.9 Å². The quantitative estimate of drug-likeness (QED) is 0.121. The third-order valence-electron chi connectivity index (χ3n) is 23.9. The summed E-state index contributed by atoms with van der Waals surface area (Å²) in [7, 11) is 10.1. The van der Waals surface area contributed by atoms with Gasteiger partial charge in [-0.25, -0.2) is 32.0 Å². The molecule has 0 spiro atoms. The minimum atomic E-state index is -2.17. The maximum absolute atomic E-state index is 14.3. The Morgan fingerprint density at radius 2 is 0.876 bits per heavy atom. The van der Waals surface area contributed by atoms with Crippen molar-refractivity contribution in [2.75, 3.05) is 0 Å². The van der Waals surface area contributed by atoms with Crippen LogP contribution in [-0.4, -0.2) is 19.9 Å². The number of rotatable bonds is 11. The molecule has 17 rings (SSSR count). The van der Waals surface area contributed by atoms with Gasteiger partial charge in [0.25, 0.3) is 19.0 Å². The van der Waals surface area contributed by atoms with Crippen molar-refractivity contribution in [3.63, 3.8) is 0 Å². The van der Waals surface area contributed by atoms with Crippen molar-refractivity contribution in [2.45, 2.75) is 165 Å². The molecule has 0 aliphatic heterocycles. The normalized spacial score (nSPS) is 12.3. The van der Waals surface area contributed by atoms with Crippen molar-refractivity contribution >= 4 is 76.5 Å². The lowest BCUT2D eigenvalue weighted by atomic mass is 9.93. The summed E-state index contributed by atoms with van der Waals surface area (Å²) in [6.45, 7) is 38.6. The molecule has 7 aromatic heterocycles. The van der Waals surface area contributed by atoms with Crippen molar-refractivity contribution in [1.82, 2.24) is 19.9 Å². The average molecular weight is 1620 g/mol. The molecule has 0 fully saturated rings. The largest absolute Gasteiger partial charge is 0.437 e. The van der Waals surface area contributed by atoms with Gasteiger partial charge in [0.1, 0.15) is 42.8 Å². The van der Waals surface area contributed by atoms with Crippen LogP contribution in [0.5, 0.6) is 0 Å². The van der Waals surface area contributed by atoms with E-state index in [1.807, 2.05) is 203 Å². The molecule has 121 heavy (non-hydrogen) atoms. The van der Waals surface area contributed by atoms with E-state index in [1.165, 1.54) is 66.5 Å². The Hall–Kier alpha value is -12.2. The van der Waals surface area contributed by atoms with Crippen LogP contribution >= 0.6 is 0 Å². The van der Waals surface area contributed by atoms with Crippen LogP contribution in [0.25, 0.3) is 133 Å². The van der Waals surface area contributed by atoms with Gasteiger partial charge in [0, 0.05) is 63.6 Å². The number of fused-ring (bicyclic) bond motifs is 8. The Labute approximate surface area is 722 Å². The fraction of sp³-hybridized carbons (Fsp3) is 0.294. The summed E-state index contributed by atoms with van der Waals surface area (Å²) in [6.07, 6.45) is 8.22. The number of furan rings is 1. The fourth-order valence-corrected chi connectivity index (χ4v) is 17.1. The average Bonchev–Trinajstić information content (AvgIpc) is 1.61. The topological polar surface area (TPSA) is 84.1 Å². The third kappa shape index (κ3) is 17.9. The van der Waals surface area contributed by atoms with Crippen molar-refractivity contribution in [1.29, 1.82) is 0 Å². The maximum atomic E-state index is 14.3. The SMILES string of the molecule is Cc1cc(-c2c3ccc(CC(C)C)cc3nc[n+]2C)c(C)c(C)c1F.Cc1cc(-c2c3ccccc3nc[n+]2C)c(C)c(C)c1F.Cc1cc(C)c(C)c(-c2c3ccccc3nc[n+]2C)c1.Cc1ccc2c(n1)oc1c(-c3ccc4c(CC(C)C)cccc4[n+]3C)c(C)c(C)cc12.[2H]C([2H])([2H])c1cc(C)cc(-c2c3ccc(C([2H])([2H])C(C)C)cc3cc[n+]2C)c1C. The molecule has 17 aromatic rings. The molecule has 0 saturated heterocycles. The van der Waals surface area contributed by atoms with Crippen molar-refractivity contribution in [2.24, 2.45) is 53.0 Å². The van der Waals surface area contributed by atoms with E-state index in [1.54, 1.807) is 6.07 Å². The molecule has 616 valence electrons. The zero-order chi connectivity index (χ0) is 91.3. The highest BCUT2D eigenvalue weighted by molar-refractivity contribution is 6.09. The number of hydrogen-bond acceptors (Lipinski definition) is 5. The number of halogens is 2. The molecule has 0 unspecified atom stereocenters. The molecule has 0 aliphatic carbocycles. The van der Waals surface area contributed by atoms with E-state index in [4.69, 9.17) is 11.3 Å². The molecule has 0 bridgehead atoms. The molecule has 0 aliphatic rings. The predicted molar refractivity (Wildman–Crippen MR) is 498 cm³/mol. The highest BCUT2D eigenvalue weighted by Gasteiger charge is 2.28. The Bertz CT molecular complexity index is 7130. The summed E-state index contributed by atoms with van der Waals surface area (Å²) < 4.78 is 85.7. The van der Waals surface area contributed by atoms with E-state index in [2.05, 4.69) is 209 Å². The van der Waals surface area contributed by atoms with Gasteiger partial charge in [0.2, 0.25) is 22.6 Å². The van der Waals surface area contributed by atoms with Gasteiger partial charge in [-0.2, -0.15) is 4.57 Å². The first-order valence-electron chi connectivity index (χ1n) is 44.7. The zero-order valence-corrected chi connectivity index (χ0v) is 75.4. The molecule has 0 saturated carbocycles. The monoisotopic (exact) mass is 1610 g/mol. The summed E-state index contributed by atoms with van der Waals surface area (Å²) in [4.78, 5) is 18.2. The van der Waals surface area contributed by atoms with E-state index in [0.717, 1.165) is 146 Å². The first-order chi connectivity index (χ1) is 59.6. The molecular formula is C109H120F2N9O+5. The van der Waals surface area contributed by atoms with Crippen LogP contribution in [0.3, 0.4) is 0 Å². The van der Waals surface area contributed by atoms with Crippen molar-refractivity contribution in [3.05, 3.63) is 313 Å². The van der Waals surface area contributed by atoms with Crippen LogP contribution < -0.4 is 22.8 Å². The highest BCUT2D eigenvalue weighted by Crippen LogP contribution is 2.41. The van der Waals surface area contributed by atoms with Crippen LogP contribution in [0.2, 0.25) is 0 Å². The molecule has 10 aromatic carbocycles. The predicted octanol–water partition coefficient (Wildman–Crippen LogP) is 24.6. The zero-order valence-electron chi connectivity index (χ0n) is 80.4. The second kappa shape index (κ2) is 36.0. The summed E-state index contributed by atoms with van der Waals surface area (Å²) in [6, 6.07) is 60.3. The Kier molecular flexibility index (Phi) is 23.8. The lowest BCUT2D eigenvalue weighted by Gasteiger charge is -2.14. The molecule has 7 heterocycles. The Morgan fingerprint density at radius 3 is 1.44 bits per heavy atom. The number of aromatic nitrogens is 9. The Balaban J connectivity index is 0.000000136. The van der Waals surface area contributed by atoms with Gasteiger partial charge in [-0.05, 0) is 336 Å². The molecular weight excluding hydrogens is 1490 g/mol. The number of pyridine rings is 3. The van der Waals surface area contributed by atoms with Crippen LogP contribution in [-0.2, 0) is 54.5 Å². The van der Waals surface area contributed by atoms with Crippen LogP contribution in [0.4, 0.5) is 8.78 Å². The van der Waals surface area contributed by atoms with Crippen LogP contribution in [0, 0.1) is 133 Å². The van der Waals surface area contributed by atoms with Gasteiger partial charge < -0.3 is 4.42 Å². The Morgan fingerprint density at radius 1 is 0.388 bits per heavy atom. The smallest absolute Gasteiger partial charge is 0.287 e.